The maximum absolute atomic E-state index is 13.5. The number of carbonyl (C=O) groups excluding carboxylic acids is 1. The molecule has 2 aliphatic heterocycles. The van der Waals surface area contributed by atoms with Crippen LogP contribution in [0.2, 0.25) is 0 Å². The molecule has 8 heteroatoms. The lowest BCUT2D eigenvalue weighted by Crippen LogP contribution is -2.26. The molecule has 0 atom stereocenters. The maximum atomic E-state index is 13.5. The summed E-state index contributed by atoms with van der Waals surface area (Å²) in [7, 11) is -4.29. The molecule has 2 aliphatic rings. The number of hydrogen-bond donors (Lipinski definition) is 3. The Morgan fingerprint density at radius 3 is 2.29 bits per heavy atom. The van der Waals surface area contributed by atoms with E-state index in [4.69, 9.17) is 4.99 Å². The predicted octanol–water partition coefficient (Wildman–Crippen LogP) is 9.52. The van der Waals surface area contributed by atoms with E-state index in [0.29, 0.717) is 12.1 Å². The summed E-state index contributed by atoms with van der Waals surface area (Å²) in [6.07, 6.45) is 9.75. The Morgan fingerprint density at radius 2 is 1.53 bits per heavy atom. The van der Waals surface area contributed by atoms with Crippen LogP contribution in [0.1, 0.15) is 54.7 Å². The highest BCUT2D eigenvalue weighted by Gasteiger charge is 2.36. The van der Waals surface area contributed by atoms with Crippen molar-refractivity contribution in [3.63, 3.8) is 0 Å². The third-order valence-corrected chi connectivity index (χ3v) is 11.4. The van der Waals surface area contributed by atoms with E-state index >= 15 is 0 Å². The quantitative estimate of drug-likeness (QED) is 0.0878. The number of amides is 1. The van der Waals surface area contributed by atoms with Crippen molar-refractivity contribution in [2.24, 2.45) is 4.99 Å². The van der Waals surface area contributed by atoms with E-state index in [9.17, 15) is 17.8 Å². The second-order valence-corrected chi connectivity index (χ2v) is 15.8. The highest BCUT2D eigenvalue weighted by atomic mass is 32.2. The minimum absolute atomic E-state index is 0.121. The minimum Gasteiger partial charge on any atom is -0.358 e. The molecule has 2 heterocycles. The van der Waals surface area contributed by atoms with Gasteiger partial charge < -0.3 is 10.6 Å². The second-order valence-electron chi connectivity index (χ2n) is 14.4. The van der Waals surface area contributed by atoms with Gasteiger partial charge in [-0.1, -0.05) is 101 Å². The lowest BCUT2D eigenvalue weighted by Gasteiger charge is -2.21. The van der Waals surface area contributed by atoms with Crippen molar-refractivity contribution < 1.29 is 17.8 Å². The van der Waals surface area contributed by atoms with Crippen LogP contribution < -0.4 is 10.6 Å². The van der Waals surface area contributed by atoms with E-state index < -0.39 is 20.9 Å². The number of aliphatic imine (C=N–C) groups is 1. The van der Waals surface area contributed by atoms with Gasteiger partial charge in [-0.15, -0.1) is 0 Å². The summed E-state index contributed by atoms with van der Waals surface area (Å²) in [6.45, 7) is 8.66. The zero-order valence-electron chi connectivity index (χ0n) is 28.8. The van der Waals surface area contributed by atoms with Gasteiger partial charge in [0.25, 0.3) is 16.0 Å². The van der Waals surface area contributed by atoms with Crippen LogP contribution in [0.25, 0.3) is 32.3 Å². The fraction of sp³-hybridized carbons (Fsp3) is 0.163. The average molecular weight is 692 g/mol. The SMILES string of the molecule is CC1(C)C(/C=C/C=C/C=C2\Nc3ccc(S(=O)(=O)O)cc3C2(C)C)=Nc2ccc(C(=O)NCc3ccc4ccc5cccc6ccc3c4c56)cc21. The van der Waals surface area contributed by atoms with Crippen molar-refractivity contribution >= 4 is 65.4 Å². The van der Waals surface area contributed by atoms with Crippen molar-refractivity contribution in [2.45, 2.75) is 50.0 Å². The molecule has 0 aromatic heterocycles. The van der Waals surface area contributed by atoms with Gasteiger partial charge in [0.2, 0.25) is 0 Å². The molecule has 8 rings (SSSR count). The highest BCUT2D eigenvalue weighted by molar-refractivity contribution is 7.85. The maximum Gasteiger partial charge on any atom is 0.294 e. The van der Waals surface area contributed by atoms with Crippen molar-refractivity contribution in [2.75, 3.05) is 5.32 Å². The van der Waals surface area contributed by atoms with Crippen molar-refractivity contribution in [3.05, 3.63) is 149 Å². The predicted molar refractivity (Wildman–Crippen MR) is 207 cm³/mol. The Hall–Kier alpha value is -5.57. The summed E-state index contributed by atoms with van der Waals surface area (Å²) in [5, 5.41) is 13.8. The summed E-state index contributed by atoms with van der Waals surface area (Å²) in [5.74, 6) is -0.126. The first-order chi connectivity index (χ1) is 24.3. The second kappa shape index (κ2) is 11.8. The molecule has 3 N–H and O–H groups in total. The summed E-state index contributed by atoms with van der Waals surface area (Å²) in [5.41, 5.74) is 6.07. The largest absolute Gasteiger partial charge is 0.358 e. The molecule has 0 spiro atoms. The first kappa shape index (κ1) is 32.6. The molecule has 0 unspecified atom stereocenters. The molecule has 0 radical (unpaired) electrons. The zero-order valence-corrected chi connectivity index (χ0v) is 29.6. The Bertz CT molecular complexity index is 2650. The molecule has 7 nitrogen and oxygen atoms in total. The van der Waals surface area contributed by atoms with E-state index in [1.807, 2.05) is 62.4 Å². The van der Waals surface area contributed by atoms with Gasteiger partial charge in [-0.05, 0) is 97.6 Å². The molecule has 254 valence electrons. The Labute approximate surface area is 297 Å². The van der Waals surface area contributed by atoms with Gasteiger partial charge in [-0.3, -0.25) is 14.3 Å². The van der Waals surface area contributed by atoms with Crippen LogP contribution in [0.15, 0.2) is 137 Å². The molecule has 0 fully saturated rings. The highest BCUT2D eigenvalue weighted by Crippen LogP contribution is 2.44. The number of carbonyl (C=O) groups is 1. The van der Waals surface area contributed by atoms with Crippen LogP contribution in [0.3, 0.4) is 0 Å². The number of nitrogens with one attached hydrogen (secondary N) is 2. The van der Waals surface area contributed by atoms with Crippen LogP contribution in [0.4, 0.5) is 11.4 Å². The lowest BCUT2D eigenvalue weighted by atomic mass is 9.80. The number of anilines is 1. The normalized spacial score (nSPS) is 17.1. The van der Waals surface area contributed by atoms with E-state index in [0.717, 1.165) is 44.9 Å². The van der Waals surface area contributed by atoms with Crippen molar-refractivity contribution in [1.29, 1.82) is 0 Å². The molecule has 0 bridgehead atoms. The standard InChI is InChI=1S/C43H37N3O4S/c1-42(2)33-23-29(41(47)44-25-30-16-15-28-14-13-26-9-8-10-27-17-20-32(30)40(28)39(26)27)18-21-35(33)45-37(42)11-6-5-7-12-38-43(3,4)34-24-31(51(48,49)50)19-22-36(34)46-38/h5-24,46H,25H2,1-4H3,(H,44,47)(H,48,49,50)/b7-5+,11-6+,38-12-. The number of hydrogen-bond acceptors (Lipinski definition) is 5. The number of allylic oxidation sites excluding steroid dienone is 6. The van der Waals surface area contributed by atoms with Gasteiger partial charge in [-0.2, -0.15) is 8.42 Å². The Morgan fingerprint density at radius 1 is 0.804 bits per heavy atom. The summed E-state index contributed by atoms with van der Waals surface area (Å²) in [4.78, 5) is 18.3. The zero-order chi connectivity index (χ0) is 35.7. The van der Waals surface area contributed by atoms with Crippen molar-refractivity contribution in [1.82, 2.24) is 5.32 Å². The van der Waals surface area contributed by atoms with Crippen molar-refractivity contribution in [3.8, 4) is 0 Å². The molecule has 6 aromatic rings. The summed E-state index contributed by atoms with van der Waals surface area (Å²) in [6, 6.07) is 29.6. The molecule has 1 amide bonds. The van der Waals surface area contributed by atoms with E-state index in [-0.39, 0.29) is 10.8 Å². The van der Waals surface area contributed by atoms with Crippen LogP contribution >= 0.6 is 0 Å². The minimum atomic E-state index is -4.29. The topological polar surface area (TPSA) is 108 Å². The number of benzene rings is 6. The van der Waals surface area contributed by atoms with E-state index in [1.54, 1.807) is 6.07 Å². The fourth-order valence-corrected chi connectivity index (χ4v) is 8.03. The smallest absolute Gasteiger partial charge is 0.294 e. The number of rotatable bonds is 7. The van der Waals surface area contributed by atoms with Gasteiger partial charge in [0.1, 0.15) is 0 Å². The number of nitrogens with zero attached hydrogens (tertiary/aromatic N) is 1. The van der Waals surface area contributed by atoms with E-state index in [1.165, 1.54) is 39.1 Å². The van der Waals surface area contributed by atoms with Gasteiger partial charge in [0.05, 0.1) is 16.3 Å². The van der Waals surface area contributed by atoms with Crippen LogP contribution in [0.5, 0.6) is 0 Å². The van der Waals surface area contributed by atoms with Gasteiger partial charge in [-0.25, -0.2) is 0 Å². The van der Waals surface area contributed by atoms with Gasteiger partial charge >= 0.3 is 0 Å². The summed E-state index contributed by atoms with van der Waals surface area (Å²) < 4.78 is 32.8. The third-order valence-electron chi connectivity index (χ3n) is 10.5. The average Bonchev–Trinajstić information content (AvgIpc) is 3.52. The first-order valence-corrected chi connectivity index (χ1v) is 18.4. The summed E-state index contributed by atoms with van der Waals surface area (Å²) >= 11 is 0. The van der Waals surface area contributed by atoms with E-state index in [2.05, 4.69) is 79.1 Å². The number of fused-ring (bicyclic) bond motifs is 2. The molecule has 0 saturated carbocycles. The molecule has 51 heavy (non-hydrogen) atoms. The van der Waals surface area contributed by atoms with Crippen LogP contribution in [0, 0.1) is 0 Å². The third kappa shape index (κ3) is 5.52. The van der Waals surface area contributed by atoms with Gasteiger partial charge in [0, 0.05) is 34.3 Å². The lowest BCUT2D eigenvalue weighted by molar-refractivity contribution is 0.0951. The Kier molecular flexibility index (Phi) is 7.52. The molecule has 0 saturated heterocycles. The van der Waals surface area contributed by atoms with Crippen LogP contribution in [-0.4, -0.2) is 24.6 Å². The first-order valence-electron chi connectivity index (χ1n) is 16.9. The van der Waals surface area contributed by atoms with Crippen LogP contribution in [-0.2, 0) is 27.5 Å². The van der Waals surface area contributed by atoms with Gasteiger partial charge in [0.15, 0.2) is 0 Å². The Balaban J connectivity index is 0.954. The fourth-order valence-electron chi connectivity index (χ4n) is 7.52. The molecular formula is C43H37N3O4S. The molecular weight excluding hydrogens is 655 g/mol. The monoisotopic (exact) mass is 691 g/mol. The molecule has 0 aliphatic carbocycles. The molecule has 6 aromatic carbocycles.